The highest BCUT2D eigenvalue weighted by molar-refractivity contribution is 9.10. The molecule has 0 bridgehead atoms. The lowest BCUT2D eigenvalue weighted by Crippen LogP contribution is -2.14. The molecule has 1 aromatic heterocycles. The van der Waals surface area contributed by atoms with E-state index in [9.17, 15) is 4.79 Å². The van der Waals surface area contributed by atoms with Crippen LogP contribution in [0.25, 0.3) is 5.69 Å². The number of nitrogens with zero attached hydrogens (tertiary/aromatic N) is 3. The van der Waals surface area contributed by atoms with Crippen LogP contribution in [0.3, 0.4) is 0 Å². The van der Waals surface area contributed by atoms with E-state index < -0.39 is 0 Å². The normalized spacial score (nSPS) is 10.8. The first kappa shape index (κ1) is 18.1. The molecule has 0 saturated heterocycles. The van der Waals surface area contributed by atoms with Crippen molar-refractivity contribution in [2.75, 3.05) is 5.32 Å². The highest BCUT2D eigenvalue weighted by Gasteiger charge is 2.17. The molecule has 0 saturated carbocycles. The second-order valence-corrected chi connectivity index (χ2v) is 6.98. The molecule has 26 heavy (non-hydrogen) atoms. The van der Waals surface area contributed by atoms with Crippen molar-refractivity contribution in [1.29, 1.82) is 0 Å². The largest absolute Gasteiger partial charge is 0.491 e. The highest BCUT2D eigenvalue weighted by atomic mass is 79.9. The van der Waals surface area contributed by atoms with Gasteiger partial charge in [-0.2, -0.15) is 0 Å². The molecular weight excluding hydrogens is 396 g/mol. The molecule has 0 aliphatic heterocycles. The van der Waals surface area contributed by atoms with Gasteiger partial charge < -0.3 is 10.1 Å². The van der Waals surface area contributed by atoms with E-state index in [1.54, 1.807) is 16.8 Å². The molecule has 0 aliphatic rings. The summed E-state index contributed by atoms with van der Waals surface area (Å²) in [5.41, 5.74) is 2.45. The molecule has 0 radical (unpaired) electrons. The lowest BCUT2D eigenvalue weighted by atomic mass is 10.2. The molecule has 0 unspecified atom stereocenters. The number of carbonyl (C=O) groups is 1. The number of hydrogen-bond acceptors (Lipinski definition) is 4. The molecule has 0 spiro atoms. The van der Waals surface area contributed by atoms with Crippen molar-refractivity contribution in [3.05, 3.63) is 64.4 Å². The number of hydrogen-bond donors (Lipinski definition) is 1. The van der Waals surface area contributed by atoms with Gasteiger partial charge in [-0.1, -0.05) is 27.2 Å². The Morgan fingerprint density at radius 2 is 1.92 bits per heavy atom. The van der Waals surface area contributed by atoms with Gasteiger partial charge in [0.25, 0.3) is 5.91 Å². The number of carbonyl (C=O) groups excluding carboxylic acids is 1. The van der Waals surface area contributed by atoms with E-state index >= 15 is 0 Å². The maximum atomic E-state index is 12.5. The van der Waals surface area contributed by atoms with Crippen LogP contribution in [0.1, 0.15) is 30.0 Å². The van der Waals surface area contributed by atoms with Gasteiger partial charge in [0.15, 0.2) is 5.69 Å². The van der Waals surface area contributed by atoms with Gasteiger partial charge in [-0.3, -0.25) is 4.79 Å². The van der Waals surface area contributed by atoms with Gasteiger partial charge in [0.1, 0.15) is 5.75 Å². The van der Waals surface area contributed by atoms with Crippen LogP contribution in [0.2, 0.25) is 0 Å². The van der Waals surface area contributed by atoms with Crippen molar-refractivity contribution in [3.8, 4) is 11.4 Å². The van der Waals surface area contributed by atoms with Crippen LogP contribution in [0.4, 0.5) is 5.69 Å². The third-order valence-corrected chi connectivity index (χ3v) is 4.14. The Hall–Kier alpha value is -2.67. The third-order valence-electron chi connectivity index (χ3n) is 3.65. The molecule has 0 atom stereocenters. The molecule has 7 heteroatoms. The van der Waals surface area contributed by atoms with Crippen LogP contribution in [0.15, 0.2) is 53.0 Å². The van der Waals surface area contributed by atoms with Gasteiger partial charge >= 0.3 is 0 Å². The zero-order valence-electron chi connectivity index (χ0n) is 14.7. The van der Waals surface area contributed by atoms with E-state index in [0.717, 1.165) is 15.9 Å². The van der Waals surface area contributed by atoms with Gasteiger partial charge in [-0.15, -0.1) is 5.10 Å². The SMILES string of the molecule is Cc1c(C(=O)Nc2ccc(OC(C)C)cc2)nnn1-c1cccc(Br)c1. The van der Waals surface area contributed by atoms with E-state index in [2.05, 4.69) is 31.6 Å². The van der Waals surface area contributed by atoms with E-state index in [0.29, 0.717) is 11.4 Å². The van der Waals surface area contributed by atoms with E-state index in [-0.39, 0.29) is 17.7 Å². The first-order valence-corrected chi connectivity index (χ1v) is 8.99. The van der Waals surface area contributed by atoms with E-state index in [1.807, 2.05) is 57.2 Å². The maximum absolute atomic E-state index is 12.5. The van der Waals surface area contributed by atoms with Crippen molar-refractivity contribution >= 4 is 27.5 Å². The van der Waals surface area contributed by atoms with Gasteiger partial charge in [0.05, 0.1) is 17.5 Å². The van der Waals surface area contributed by atoms with Gasteiger partial charge in [-0.25, -0.2) is 4.68 Å². The Labute approximate surface area is 160 Å². The molecule has 3 rings (SSSR count). The minimum absolute atomic E-state index is 0.103. The summed E-state index contributed by atoms with van der Waals surface area (Å²) in [6.07, 6.45) is 0.103. The standard InChI is InChI=1S/C19H19BrN4O2/c1-12(2)26-17-9-7-15(8-10-17)21-19(25)18-13(3)24(23-22-18)16-6-4-5-14(20)11-16/h4-12H,1-3H3,(H,21,25). The zero-order valence-corrected chi connectivity index (χ0v) is 16.3. The minimum atomic E-state index is -0.304. The molecule has 0 aliphatic carbocycles. The summed E-state index contributed by atoms with van der Waals surface area (Å²) >= 11 is 3.43. The third kappa shape index (κ3) is 4.11. The molecule has 1 N–H and O–H groups in total. The fourth-order valence-electron chi connectivity index (χ4n) is 2.47. The summed E-state index contributed by atoms with van der Waals surface area (Å²) in [5, 5.41) is 11.0. The maximum Gasteiger partial charge on any atom is 0.278 e. The van der Waals surface area contributed by atoms with Crippen LogP contribution in [0, 0.1) is 6.92 Å². The fourth-order valence-corrected chi connectivity index (χ4v) is 2.86. The molecule has 0 fully saturated rings. The Morgan fingerprint density at radius 3 is 2.58 bits per heavy atom. The minimum Gasteiger partial charge on any atom is -0.491 e. The molecule has 1 heterocycles. The van der Waals surface area contributed by atoms with Gasteiger partial charge in [-0.05, 0) is 63.2 Å². The van der Waals surface area contributed by atoms with E-state index in [1.165, 1.54) is 0 Å². The number of halogens is 1. The Kier molecular flexibility index (Phi) is 5.37. The number of aromatic nitrogens is 3. The molecular formula is C19H19BrN4O2. The van der Waals surface area contributed by atoms with E-state index in [4.69, 9.17) is 4.74 Å². The van der Waals surface area contributed by atoms with Crippen molar-refractivity contribution in [1.82, 2.24) is 15.0 Å². The summed E-state index contributed by atoms with van der Waals surface area (Å²) in [5.74, 6) is 0.455. The number of rotatable bonds is 5. The number of ether oxygens (including phenoxy) is 1. The predicted octanol–water partition coefficient (Wildman–Crippen LogP) is 4.38. The second kappa shape index (κ2) is 7.70. The Balaban J connectivity index is 1.76. The number of benzene rings is 2. The monoisotopic (exact) mass is 414 g/mol. The van der Waals surface area contributed by atoms with Crippen molar-refractivity contribution in [2.45, 2.75) is 26.9 Å². The average Bonchev–Trinajstić information content (AvgIpc) is 2.98. The van der Waals surface area contributed by atoms with Crippen LogP contribution in [-0.2, 0) is 0 Å². The average molecular weight is 415 g/mol. The van der Waals surface area contributed by atoms with Gasteiger partial charge in [0, 0.05) is 10.2 Å². The van der Waals surface area contributed by atoms with Crippen LogP contribution >= 0.6 is 15.9 Å². The van der Waals surface area contributed by atoms with Crippen LogP contribution in [-0.4, -0.2) is 27.0 Å². The first-order chi connectivity index (χ1) is 12.4. The molecule has 2 aromatic carbocycles. The molecule has 134 valence electrons. The van der Waals surface area contributed by atoms with Gasteiger partial charge in [0.2, 0.25) is 0 Å². The molecule has 6 nitrogen and oxygen atoms in total. The topological polar surface area (TPSA) is 69.0 Å². The quantitative estimate of drug-likeness (QED) is 0.672. The first-order valence-electron chi connectivity index (χ1n) is 8.20. The second-order valence-electron chi connectivity index (χ2n) is 6.06. The fraction of sp³-hybridized carbons (Fsp3) is 0.211. The van der Waals surface area contributed by atoms with Crippen LogP contribution < -0.4 is 10.1 Å². The van der Waals surface area contributed by atoms with Crippen LogP contribution in [0.5, 0.6) is 5.75 Å². The summed E-state index contributed by atoms with van der Waals surface area (Å²) in [7, 11) is 0. The zero-order chi connectivity index (χ0) is 18.7. The van der Waals surface area contributed by atoms with Crippen molar-refractivity contribution in [2.24, 2.45) is 0 Å². The summed E-state index contributed by atoms with van der Waals surface area (Å²) in [6.45, 7) is 5.75. The predicted molar refractivity (Wildman–Crippen MR) is 104 cm³/mol. The Morgan fingerprint density at radius 1 is 1.19 bits per heavy atom. The molecule has 3 aromatic rings. The molecule has 1 amide bonds. The Bertz CT molecular complexity index is 920. The number of nitrogens with one attached hydrogen (secondary N) is 1. The summed E-state index contributed by atoms with van der Waals surface area (Å²) in [6, 6.07) is 14.9. The summed E-state index contributed by atoms with van der Waals surface area (Å²) in [4.78, 5) is 12.5. The lowest BCUT2D eigenvalue weighted by Gasteiger charge is -2.10. The lowest BCUT2D eigenvalue weighted by molar-refractivity contribution is 0.102. The smallest absolute Gasteiger partial charge is 0.278 e. The number of amides is 1. The van der Waals surface area contributed by atoms with Crippen molar-refractivity contribution < 1.29 is 9.53 Å². The summed E-state index contributed by atoms with van der Waals surface area (Å²) < 4.78 is 8.17. The number of anilines is 1. The van der Waals surface area contributed by atoms with Crippen molar-refractivity contribution in [3.63, 3.8) is 0 Å². The highest BCUT2D eigenvalue weighted by Crippen LogP contribution is 2.20.